The number of carbonyl (C=O) groups excluding carboxylic acids is 1. The maximum absolute atomic E-state index is 10.3. The van der Waals surface area contributed by atoms with Crippen molar-refractivity contribution in [2.75, 3.05) is 0 Å². The molecule has 0 spiro atoms. The van der Waals surface area contributed by atoms with Gasteiger partial charge in [0.1, 0.15) is 0 Å². The molecule has 0 saturated carbocycles. The van der Waals surface area contributed by atoms with Crippen LogP contribution in [0.25, 0.3) is 0 Å². The van der Waals surface area contributed by atoms with Gasteiger partial charge < -0.3 is 0 Å². The van der Waals surface area contributed by atoms with Gasteiger partial charge in [-0.05, 0) is 6.42 Å². The van der Waals surface area contributed by atoms with Gasteiger partial charge >= 0.3 is 0 Å². The lowest BCUT2D eigenvalue weighted by atomic mass is 9.76. The van der Waals surface area contributed by atoms with E-state index in [4.69, 9.17) is 0 Å². The second kappa shape index (κ2) is 4.92. The molecule has 0 heterocycles. The van der Waals surface area contributed by atoms with Crippen molar-refractivity contribution in [1.82, 2.24) is 0 Å². The van der Waals surface area contributed by atoms with Gasteiger partial charge in [0, 0.05) is 5.41 Å². The first-order chi connectivity index (χ1) is 6.73. The maximum Gasteiger partial charge on any atom is 0.235 e. The number of hydrogen-bond acceptors (Lipinski definition) is 2. The van der Waals surface area contributed by atoms with Crippen molar-refractivity contribution in [3.8, 4) is 0 Å². The van der Waals surface area contributed by atoms with E-state index in [-0.39, 0.29) is 11.5 Å². The molecule has 0 aromatic carbocycles. The SMILES string of the molecule is CCCCC1(C)C=CC=CC1N=C=O. The first-order valence-electron chi connectivity index (χ1n) is 5.16. The van der Waals surface area contributed by atoms with E-state index < -0.39 is 0 Å². The molecule has 76 valence electrons. The molecule has 1 aliphatic rings. The highest BCUT2D eigenvalue weighted by atomic mass is 16.1. The van der Waals surface area contributed by atoms with E-state index in [2.05, 4.69) is 24.9 Å². The Morgan fingerprint density at radius 1 is 1.50 bits per heavy atom. The Bertz CT molecular complexity index is 287. The van der Waals surface area contributed by atoms with Crippen molar-refractivity contribution in [3.05, 3.63) is 24.3 Å². The van der Waals surface area contributed by atoms with Crippen molar-refractivity contribution >= 4 is 6.08 Å². The summed E-state index contributed by atoms with van der Waals surface area (Å²) in [5, 5.41) is 0. The molecular formula is C12H17NO. The highest BCUT2D eigenvalue weighted by molar-refractivity contribution is 5.36. The molecule has 2 heteroatoms. The lowest BCUT2D eigenvalue weighted by Gasteiger charge is -2.31. The van der Waals surface area contributed by atoms with E-state index in [1.165, 1.54) is 12.8 Å². The molecule has 0 N–H and O–H groups in total. The van der Waals surface area contributed by atoms with E-state index in [0.717, 1.165) is 6.42 Å². The summed E-state index contributed by atoms with van der Waals surface area (Å²) in [5.41, 5.74) is 0.00215. The van der Waals surface area contributed by atoms with Crippen LogP contribution >= 0.6 is 0 Å². The first-order valence-corrected chi connectivity index (χ1v) is 5.16. The maximum atomic E-state index is 10.3. The Hall–Kier alpha value is -1.14. The van der Waals surface area contributed by atoms with Gasteiger partial charge in [0.2, 0.25) is 6.08 Å². The van der Waals surface area contributed by atoms with Gasteiger partial charge in [0.25, 0.3) is 0 Å². The summed E-state index contributed by atoms with van der Waals surface area (Å²) >= 11 is 0. The number of unbranched alkanes of at least 4 members (excludes halogenated alkanes) is 1. The average molecular weight is 191 g/mol. The van der Waals surface area contributed by atoms with Crippen molar-refractivity contribution in [3.63, 3.8) is 0 Å². The fraction of sp³-hybridized carbons (Fsp3) is 0.583. The predicted molar refractivity (Wildman–Crippen MR) is 57.8 cm³/mol. The minimum absolute atomic E-state index is 0.00215. The average Bonchev–Trinajstić information content (AvgIpc) is 2.19. The summed E-state index contributed by atoms with van der Waals surface area (Å²) in [7, 11) is 0. The van der Waals surface area contributed by atoms with Crippen LogP contribution in [0.15, 0.2) is 29.3 Å². The zero-order valence-corrected chi connectivity index (χ0v) is 8.86. The molecule has 0 aromatic rings. The van der Waals surface area contributed by atoms with Crippen LogP contribution in [0.2, 0.25) is 0 Å². The van der Waals surface area contributed by atoms with Crippen molar-refractivity contribution < 1.29 is 4.79 Å². The fourth-order valence-electron chi connectivity index (χ4n) is 1.80. The molecule has 14 heavy (non-hydrogen) atoms. The van der Waals surface area contributed by atoms with Crippen LogP contribution < -0.4 is 0 Å². The summed E-state index contributed by atoms with van der Waals surface area (Å²) in [4.78, 5) is 14.1. The van der Waals surface area contributed by atoms with E-state index >= 15 is 0 Å². The van der Waals surface area contributed by atoms with Gasteiger partial charge in [0.15, 0.2) is 0 Å². The Balaban J connectivity index is 2.76. The molecule has 0 aliphatic heterocycles. The predicted octanol–water partition coefficient (Wildman–Crippen LogP) is 3.01. The number of allylic oxidation sites excluding steroid dienone is 2. The minimum atomic E-state index is -0.0310. The zero-order valence-electron chi connectivity index (χ0n) is 8.86. The Kier molecular flexibility index (Phi) is 3.84. The highest BCUT2D eigenvalue weighted by Crippen LogP contribution is 2.34. The van der Waals surface area contributed by atoms with Crippen LogP contribution in [0.1, 0.15) is 33.1 Å². The number of nitrogens with zero attached hydrogens (tertiary/aromatic N) is 1. The van der Waals surface area contributed by atoms with Gasteiger partial charge in [0.05, 0.1) is 6.04 Å². The number of isocyanates is 1. The molecule has 0 fully saturated rings. The van der Waals surface area contributed by atoms with Crippen LogP contribution in [0.3, 0.4) is 0 Å². The Morgan fingerprint density at radius 3 is 2.93 bits per heavy atom. The summed E-state index contributed by atoms with van der Waals surface area (Å²) in [6, 6.07) is -0.0310. The third kappa shape index (κ3) is 2.43. The molecule has 1 aliphatic carbocycles. The Labute approximate surface area is 85.4 Å². The van der Waals surface area contributed by atoms with E-state index in [0.29, 0.717) is 0 Å². The van der Waals surface area contributed by atoms with Gasteiger partial charge in [-0.15, -0.1) is 0 Å². The molecule has 2 unspecified atom stereocenters. The number of aliphatic imine (C=N–C) groups is 1. The Morgan fingerprint density at radius 2 is 2.29 bits per heavy atom. The van der Waals surface area contributed by atoms with Crippen LogP contribution in [-0.2, 0) is 4.79 Å². The third-order valence-corrected chi connectivity index (χ3v) is 2.82. The lowest BCUT2D eigenvalue weighted by Crippen LogP contribution is -2.28. The molecule has 0 saturated heterocycles. The second-order valence-corrected chi connectivity index (χ2v) is 4.02. The van der Waals surface area contributed by atoms with Crippen LogP contribution in [0.4, 0.5) is 0 Å². The van der Waals surface area contributed by atoms with Gasteiger partial charge in [-0.1, -0.05) is 51.0 Å². The highest BCUT2D eigenvalue weighted by Gasteiger charge is 2.30. The van der Waals surface area contributed by atoms with E-state index in [1.807, 2.05) is 18.2 Å². The quantitative estimate of drug-likeness (QED) is 0.496. The monoisotopic (exact) mass is 191 g/mol. The van der Waals surface area contributed by atoms with Crippen LogP contribution in [0.5, 0.6) is 0 Å². The van der Waals surface area contributed by atoms with Crippen LogP contribution in [-0.4, -0.2) is 12.1 Å². The molecule has 0 bridgehead atoms. The molecule has 0 aromatic heterocycles. The number of hydrogen-bond donors (Lipinski definition) is 0. The zero-order chi connectivity index (χ0) is 10.4. The van der Waals surface area contributed by atoms with Crippen molar-refractivity contribution in [2.45, 2.75) is 39.2 Å². The molecule has 0 radical (unpaired) electrons. The van der Waals surface area contributed by atoms with E-state index in [1.54, 1.807) is 6.08 Å². The topological polar surface area (TPSA) is 29.4 Å². The van der Waals surface area contributed by atoms with Crippen molar-refractivity contribution in [1.29, 1.82) is 0 Å². The smallest absolute Gasteiger partial charge is 0.211 e. The molecule has 2 nitrogen and oxygen atoms in total. The summed E-state index contributed by atoms with van der Waals surface area (Å²) in [6.07, 6.45) is 13.2. The van der Waals surface area contributed by atoms with Gasteiger partial charge in [-0.3, -0.25) is 0 Å². The first kappa shape index (κ1) is 10.9. The van der Waals surface area contributed by atoms with Crippen LogP contribution in [0, 0.1) is 5.41 Å². The lowest BCUT2D eigenvalue weighted by molar-refractivity contribution is 0.336. The second-order valence-electron chi connectivity index (χ2n) is 4.02. The normalized spacial score (nSPS) is 30.0. The minimum Gasteiger partial charge on any atom is -0.211 e. The van der Waals surface area contributed by atoms with Crippen molar-refractivity contribution in [2.24, 2.45) is 10.4 Å². The molecule has 0 amide bonds. The van der Waals surface area contributed by atoms with Gasteiger partial charge in [-0.2, -0.15) is 4.99 Å². The molecule has 2 atom stereocenters. The summed E-state index contributed by atoms with van der Waals surface area (Å²) < 4.78 is 0. The van der Waals surface area contributed by atoms with E-state index in [9.17, 15) is 4.79 Å². The largest absolute Gasteiger partial charge is 0.235 e. The molecular weight excluding hydrogens is 174 g/mol. The third-order valence-electron chi connectivity index (χ3n) is 2.82. The fourth-order valence-corrected chi connectivity index (χ4v) is 1.80. The number of rotatable bonds is 4. The van der Waals surface area contributed by atoms with Gasteiger partial charge in [-0.25, -0.2) is 4.79 Å². The standard InChI is InChI=1S/C12H17NO/c1-3-4-8-12(2)9-6-5-7-11(12)13-10-14/h5-7,9,11H,3-4,8H2,1-2H3. The summed E-state index contributed by atoms with van der Waals surface area (Å²) in [6.45, 7) is 4.32. The summed E-state index contributed by atoms with van der Waals surface area (Å²) in [5.74, 6) is 0. The molecule has 1 rings (SSSR count).